The summed E-state index contributed by atoms with van der Waals surface area (Å²) in [5.41, 5.74) is 5.81. The number of H-pyrrole nitrogens is 1. The Balaban J connectivity index is 1.64. The molecule has 0 saturated carbocycles. The number of hydrogen-bond donors (Lipinski definition) is 3. The molecular weight excluding hydrogens is 414 g/mol. The van der Waals surface area contributed by atoms with Crippen molar-refractivity contribution < 1.29 is 4.74 Å². The Hall–Kier alpha value is -3.78. The summed E-state index contributed by atoms with van der Waals surface area (Å²) in [4.78, 5) is 16.9. The van der Waals surface area contributed by atoms with Gasteiger partial charge in [0.1, 0.15) is 5.75 Å². The highest BCUT2D eigenvalue weighted by molar-refractivity contribution is 5.94. The van der Waals surface area contributed by atoms with Gasteiger partial charge in [-0.25, -0.2) is 9.97 Å². The van der Waals surface area contributed by atoms with Crippen LogP contribution in [0.25, 0.3) is 22.2 Å². The summed E-state index contributed by atoms with van der Waals surface area (Å²) < 4.78 is 5.71. The Kier molecular flexibility index (Phi) is 6.65. The lowest BCUT2D eigenvalue weighted by atomic mass is 10.1. The van der Waals surface area contributed by atoms with Crippen LogP contribution in [0.3, 0.4) is 0 Å². The molecule has 172 valence electrons. The minimum atomic E-state index is 0.506. The van der Waals surface area contributed by atoms with Crippen molar-refractivity contribution in [3.05, 3.63) is 54.9 Å². The average Bonchev–Trinajstić information content (AvgIpc) is 3.26. The Bertz CT molecular complexity index is 1230. The van der Waals surface area contributed by atoms with Crippen molar-refractivity contribution >= 4 is 33.9 Å². The lowest BCUT2D eigenvalue weighted by molar-refractivity contribution is 0.413. The van der Waals surface area contributed by atoms with Gasteiger partial charge in [-0.05, 0) is 32.3 Å². The van der Waals surface area contributed by atoms with Gasteiger partial charge in [0.15, 0.2) is 0 Å². The molecule has 8 nitrogen and oxygen atoms in total. The summed E-state index contributed by atoms with van der Waals surface area (Å²) in [6, 6.07) is 14.2. The average molecular weight is 446 g/mol. The van der Waals surface area contributed by atoms with Crippen molar-refractivity contribution in [3.8, 4) is 17.0 Å². The maximum atomic E-state index is 5.71. The molecule has 0 bridgehead atoms. The lowest BCUT2D eigenvalue weighted by Crippen LogP contribution is -2.29. The zero-order valence-electron chi connectivity index (χ0n) is 19.8. The number of anilines is 4. The van der Waals surface area contributed by atoms with Gasteiger partial charge >= 0.3 is 0 Å². The van der Waals surface area contributed by atoms with Crippen LogP contribution < -0.4 is 20.3 Å². The van der Waals surface area contributed by atoms with E-state index in [1.165, 1.54) is 0 Å². The first-order valence-corrected chi connectivity index (χ1v) is 10.9. The molecule has 0 aliphatic rings. The number of fused-ring (bicyclic) bond motifs is 1. The fourth-order valence-electron chi connectivity index (χ4n) is 3.79. The minimum Gasteiger partial charge on any atom is -0.494 e. The molecule has 2 heterocycles. The van der Waals surface area contributed by atoms with Gasteiger partial charge in [0.2, 0.25) is 5.95 Å². The van der Waals surface area contributed by atoms with E-state index in [1.54, 1.807) is 13.3 Å². The van der Waals surface area contributed by atoms with Crippen molar-refractivity contribution in [2.75, 3.05) is 63.9 Å². The lowest BCUT2D eigenvalue weighted by Gasteiger charge is -2.25. The fourth-order valence-corrected chi connectivity index (χ4v) is 3.79. The van der Waals surface area contributed by atoms with Crippen molar-refractivity contribution in [2.24, 2.45) is 0 Å². The Morgan fingerprint density at radius 3 is 2.61 bits per heavy atom. The monoisotopic (exact) mass is 445 g/mol. The van der Waals surface area contributed by atoms with Crippen LogP contribution in [0.2, 0.25) is 0 Å². The van der Waals surface area contributed by atoms with Gasteiger partial charge in [-0.3, -0.25) is 0 Å². The van der Waals surface area contributed by atoms with Crippen molar-refractivity contribution in [2.45, 2.75) is 0 Å². The molecule has 2 aromatic carbocycles. The van der Waals surface area contributed by atoms with Crippen LogP contribution in [0.4, 0.5) is 23.0 Å². The normalized spacial score (nSPS) is 11.1. The number of aromatic nitrogens is 3. The van der Waals surface area contributed by atoms with E-state index >= 15 is 0 Å². The third kappa shape index (κ3) is 4.85. The van der Waals surface area contributed by atoms with Crippen LogP contribution in [0.1, 0.15) is 0 Å². The number of benzene rings is 2. The smallest absolute Gasteiger partial charge is 0.227 e. The summed E-state index contributed by atoms with van der Waals surface area (Å²) in [6.45, 7) is 1.85. The predicted octanol–water partition coefficient (Wildman–Crippen LogP) is 4.42. The molecule has 0 radical (unpaired) electrons. The third-order valence-corrected chi connectivity index (χ3v) is 5.65. The standard InChI is InChI=1S/C25H31N7O/c1-26-21-14-22(24(33-5)15-23(21)32(4)13-12-31(2)3)30-25-27-11-10-20(29-25)18-16-28-19-9-7-6-8-17(18)19/h6-11,14-16,26,28H,12-13H2,1-5H3,(H,27,29,30). The molecule has 0 aliphatic heterocycles. The fraction of sp³-hybridized carbons (Fsp3) is 0.280. The van der Waals surface area contributed by atoms with E-state index in [0.29, 0.717) is 5.95 Å². The summed E-state index contributed by atoms with van der Waals surface area (Å²) in [6.07, 6.45) is 3.75. The Labute approximate surface area is 194 Å². The molecule has 0 amide bonds. The molecule has 0 fully saturated rings. The van der Waals surface area contributed by atoms with Gasteiger partial charge in [0, 0.05) is 62.1 Å². The molecule has 0 spiro atoms. The predicted molar refractivity (Wildman–Crippen MR) is 137 cm³/mol. The van der Waals surface area contributed by atoms with Crippen LogP contribution in [-0.2, 0) is 0 Å². The first kappa shape index (κ1) is 22.4. The third-order valence-electron chi connectivity index (χ3n) is 5.65. The number of likely N-dealkylation sites (N-methyl/N-ethyl adjacent to an activating group) is 2. The number of aromatic amines is 1. The number of nitrogens with one attached hydrogen (secondary N) is 3. The second-order valence-corrected chi connectivity index (χ2v) is 8.18. The largest absolute Gasteiger partial charge is 0.494 e. The number of rotatable bonds is 9. The molecule has 4 rings (SSSR count). The van der Waals surface area contributed by atoms with Crippen LogP contribution in [0, 0.1) is 0 Å². The van der Waals surface area contributed by atoms with Gasteiger partial charge < -0.3 is 30.2 Å². The molecule has 0 saturated heterocycles. The van der Waals surface area contributed by atoms with Gasteiger partial charge in [-0.1, -0.05) is 18.2 Å². The Morgan fingerprint density at radius 2 is 1.85 bits per heavy atom. The molecule has 3 N–H and O–H groups in total. The summed E-state index contributed by atoms with van der Waals surface area (Å²) in [7, 11) is 9.82. The van der Waals surface area contributed by atoms with Gasteiger partial charge in [0.05, 0.1) is 29.9 Å². The van der Waals surface area contributed by atoms with Gasteiger partial charge in [-0.15, -0.1) is 0 Å². The van der Waals surface area contributed by atoms with E-state index in [1.807, 2.05) is 43.6 Å². The first-order chi connectivity index (χ1) is 16.0. The van der Waals surface area contributed by atoms with Crippen LogP contribution in [0.15, 0.2) is 54.9 Å². The maximum absolute atomic E-state index is 5.71. The van der Waals surface area contributed by atoms with Gasteiger partial charge in [-0.2, -0.15) is 0 Å². The maximum Gasteiger partial charge on any atom is 0.227 e. The SMILES string of the molecule is CNc1cc(Nc2nccc(-c3c[nH]c4ccccc34)n2)c(OC)cc1N(C)CCN(C)C. The van der Waals surface area contributed by atoms with Crippen LogP contribution in [0.5, 0.6) is 5.75 Å². The minimum absolute atomic E-state index is 0.506. The molecule has 33 heavy (non-hydrogen) atoms. The van der Waals surface area contributed by atoms with E-state index in [9.17, 15) is 0 Å². The van der Waals surface area contributed by atoms with Crippen molar-refractivity contribution in [1.82, 2.24) is 19.9 Å². The Morgan fingerprint density at radius 1 is 1.03 bits per heavy atom. The van der Waals surface area contributed by atoms with E-state index in [4.69, 9.17) is 9.72 Å². The molecular formula is C25H31N7O. The number of nitrogens with zero attached hydrogens (tertiary/aromatic N) is 4. The highest BCUT2D eigenvalue weighted by atomic mass is 16.5. The van der Waals surface area contributed by atoms with Crippen LogP contribution >= 0.6 is 0 Å². The number of para-hydroxylation sites is 1. The number of methoxy groups -OCH3 is 1. The van der Waals surface area contributed by atoms with E-state index in [2.05, 4.69) is 63.7 Å². The molecule has 2 aromatic heterocycles. The van der Waals surface area contributed by atoms with Gasteiger partial charge in [0.25, 0.3) is 0 Å². The van der Waals surface area contributed by atoms with Crippen molar-refractivity contribution in [3.63, 3.8) is 0 Å². The molecule has 0 atom stereocenters. The zero-order chi connectivity index (χ0) is 23.4. The van der Waals surface area contributed by atoms with E-state index in [0.717, 1.165) is 58.1 Å². The quantitative estimate of drug-likeness (QED) is 0.352. The molecule has 8 heteroatoms. The van der Waals surface area contributed by atoms with E-state index < -0.39 is 0 Å². The molecule has 0 unspecified atom stereocenters. The highest BCUT2D eigenvalue weighted by Crippen LogP contribution is 2.37. The summed E-state index contributed by atoms with van der Waals surface area (Å²) in [5, 5.41) is 7.77. The van der Waals surface area contributed by atoms with Crippen LogP contribution in [-0.4, -0.2) is 68.2 Å². The topological polar surface area (TPSA) is 81.3 Å². The van der Waals surface area contributed by atoms with Crippen molar-refractivity contribution in [1.29, 1.82) is 0 Å². The number of hydrogen-bond acceptors (Lipinski definition) is 7. The van der Waals surface area contributed by atoms with E-state index in [-0.39, 0.29) is 0 Å². The number of ether oxygens (including phenoxy) is 1. The molecule has 4 aromatic rings. The highest BCUT2D eigenvalue weighted by Gasteiger charge is 2.15. The second-order valence-electron chi connectivity index (χ2n) is 8.18. The summed E-state index contributed by atoms with van der Waals surface area (Å²) in [5.74, 6) is 1.23. The zero-order valence-corrected chi connectivity index (χ0v) is 19.8. The second kappa shape index (κ2) is 9.79. The molecule has 0 aliphatic carbocycles. The summed E-state index contributed by atoms with van der Waals surface area (Å²) >= 11 is 0. The first-order valence-electron chi connectivity index (χ1n) is 10.9.